The second kappa shape index (κ2) is 6.19. The fraction of sp³-hybridized carbons (Fsp3) is 0.417. The van der Waals surface area contributed by atoms with E-state index in [4.69, 9.17) is 9.47 Å². The summed E-state index contributed by atoms with van der Waals surface area (Å²) < 4.78 is 10.7. The van der Waals surface area contributed by atoms with Gasteiger partial charge in [-0.05, 0) is 25.5 Å². The number of para-hydroxylation sites is 1. The summed E-state index contributed by atoms with van der Waals surface area (Å²) in [6.45, 7) is 5.55. The molecule has 0 aliphatic carbocycles. The molecule has 0 aliphatic heterocycles. The van der Waals surface area contributed by atoms with Crippen LogP contribution in [0.2, 0.25) is 0 Å². The van der Waals surface area contributed by atoms with E-state index in [1.54, 1.807) is 6.07 Å². The van der Waals surface area contributed by atoms with Crippen LogP contribution in [0.5, 0.6) is 5.75 Å². The minimum atomic E-state index is 0.472. The first kappa shape index (κ1) is 11.7. The summed E-state index contributed by atoms with van der Waals surface area (Å²) in [4.78, 5) is 10.8. The van der Waals surface area contributed by atoms with Crippen LogP contribution in [-0.4, -0.2) is 26.1 Å². The molecule has 0 bridgehead atoms. The molecule has 0 unspecified atom stereocenters. The summed E-state index contributed by atoms with van der Waals surface area (Å²) in [5.74, 6) is 0.659. The molecule has 0 aromatic heterocycles. The maximum Gasteiger partial charge on any atom is 0.153 e. The van der Waals surface area contributed by atoms with Crippen molar-refractivity contribution in [1.82, 2.24) is 0 Å². The van der Waals surface area contributed by atoms with Gasteiger partial charge in [0.1, 0.15) is 12.4 Å². The summed E-state index contributed by atoms with van der Waals surface area (Å²) >= 11 is 0. The highest BCUT2D eigenvalue weighted by atomic mass is 16.5. The normalized spacial score (nSPS) is 10.0. The van der Waals surface area contributed by atoms with Crippen molar-refractivity contribution in [1.29, 1.82) is 0 Å². The Labute approximate surface area is 90.0 Å². The van der Waals surface area contributed by atoms with Crippen molar-refractivity contribution in [2.24, 2.45) is 0 Å². The molecular formula is C12H16O3. The maximum absolute atomic E-state index is 10.8. The van der Waals surface area contributed by atoms with E-state index in [-0.39, 0.29) is 0 Å². The molecule has 1 aromatic carbocycles. The van der Waals surface area contributed by atoms with Crippen LogP contribution in [0, 0.1) is 6.92 Å². The van der Waals surface area contributed by atoms with Gasteiger partial charge in [-0.3, -0.25) is 4.79 Å². The number of aryl methyl sites for hydroxylation is 1. The van der Waals surface area contributed by atoms with Gasteiger partial charge in [0, 0.05) is 6.61 Å². The largest absolute Gasteiger partial charge is 0.490 e. The van der Waals surface area contributed by atoms with Crippen molar-refractivity contribution in [2.75, 3.05) is 19.8 Å². The molecule has 0 spiro atoms. The minimum absolute atomic E-state index is 0.472. The molecule has 0 aliphatic rings. The van der Waals surface area contributed by atoms with Gasteiger partial charge in [0.15, 0.2) is 6.29 Å². The highest BCUT2D eigenvalue weighted by Gasteiger charge is 2.05. The highest BCUT2D eigenvalue weighted by molar-refractivity contribution is 5.80. The third-order valence-corrected chi connectivity index (χ3v) is 2.05. The Hall–Kier alpha value is -1.35. The van der Waals surface area contributed by atoms with E-state index in [0.717, 1.165) is 11.8 Å². The van der Waals surface area contributed by atoms with Crippen LogP contribution in [0.4, 0.5) is 0 Å². The molecule has 3 nitrogen and oxygen atoms in total. The average Bonchev–Trinajstić information content (AvgIpc) is 2.26. The lowest BCUT2D eigenvalue weighted by Gasteiger charge is -2.10. The second-order valence-electron chi connectivity index (χ2n) is 3.16. The van der Waals surface area contributed by atoms with Crippen molar-refractivity contribution in [3.05, 3.63) is 29.3 Å². The molecule has 0 N–H and O–H groups in total. The Morgan fingerprint density at radius 3 is 2.80 bits per heavy atom. The van der Waals surface area contributed by atoms with E-state index in [1.807, 2.05) is 26.0 Å². The van der Waals surface area contributed by atoms with Crippen molar-refractivity contribution in [2.45, 2.75) is 13.8 Å². The molecule has 1 rings (SSSR count). The summed E-state index contributed by atoms with van der Waals surface area (Å²) in [6, 6.07) is 5.51. The number of carbonyl (C=O) groups is 1. The van der Waals surface area contributed by atoms with Gasteiger partial charge < -0.3 is 9.47 Å². The maximum atomic E-state index is 10.8. The quantitative estimate of drug-likeness (QED) is 0.531. The zero-order valence-corrected chi connectivity index (χ0v) is 9.16. The number of benzene rings is 1. The molecule has 0 radical (unpaired) electrons. The molecule has 0 atom stereocenters. The number of rotatable bonds is 6. The number of aldehydes is 1. The van der Waals surface area contributed by atoms with Gasteiger partial charge in [-0.25, -0.2) is 0 Å². The zero-order valence-electron chi connectivity index (χ0n) is 9.16. The van der Waals surface area contributed by atoms with Crippen LogP contribution in [0.3, 0.4) is 0 Å². The minimum Gasteiger partial charge on any atom is -0.490 e. The number of ether oxygens (including phenoxy) is 2. The van der Waals surface area contributed by atoms with Gasteiger partial charge in [0.05, 0.1) is 12.2 Å². The van der Waals surface area contributed by atoms with Crippen LogP contribution in [0.25, 0.3) is 0 Å². The number of hydrogen-bond acceptors (Lipinski definition) is 3. The topological polar surface area (TPSA) is 35.5 Å². The first-order valence-electron chi connectivity index (χ1n) is 5.05. The van der Waals surface area contributed by atoms with Gasteiger partial charge in [0.25, 0.3) is 0 Å². The summed E-state index contributed by atoms with van der Waals surface area (Å²) in [7, 11) is 0. The van der Waals surface area contributed by atoms with Crippen molar-refractivity contribution in [3.63, 3.8) is 0 Å². The third kappa shape index (κ3) is 3.36. The Balaban J connectivity index is 2.62. The molecular weight excluding hydrogens is 192 g/mol. The Kier molecular flexibility index (Phi) is 4.84. The zero-order chi connectivity index (χ0) is 11.1. The second-order valence-corrected chi connectivity index (χ2v) is 3.16. The highest BCUT2D eigenvalue weighted by Crippen LogP contribution is 2.21. The summed E-state index contributed by atoms with van der Waals surface area (Å²) in [6.07, 6.45) is 0.809. The standard InChI is InChI=1S/C12H16O3/c1-3-14-7-8-15-12-10(2)5-4-6-11(12)9-13/h4-6,9H,3,7-8H2,1-2H3. The Bertz CT molecular complexity index is 321. The van der Waals surface area contributed by atoms with E-state index in [2.05, 4.69) is 0 Å². The smallest absolute Gasteiger partial charge is 0.153 e. The van der Waals surface area contributed by atoms with Crippen LogP contribution >= 0.6 is 0 Å². The monoisotopic (exact) mass is 208 g/mol. The van der Waals surface area contributed by atoms with E-state index >= 15 is 0 Å². The van der Waals surface area contributed by atoms with Crippen molar-refractivity contribution < 1.29 is 14.3 Å². The van der Waals surface area contributed by atoms with Crippen molar-refractivity contribution in [3.8, 4) is 5.75 Å². The lowest BCUT2D eigenvalue weighted by Crippen LogP contribution is -2.08. The lowest BCUT2D eigenvalue weighted by molar-refractivity contribution is 0.106. The van der Waals surface area contributed by atoms with E-state index < -0.39 is 0 Å². The Morgan fingerprint density at radius 1 is 1.33 bits per heavy atom. The van der Waals surface area contributed by atoms with Gasteiger partial charge in [0.2, 0.25) is 0 Å². The molecule has 1 aromatic rings. The molecule has 0 fully saturated rings. The molecule has 0 saturated carbocycles. The van der Waals surface area contributed by atoms with Crippen LogP contribution in [0.15, 0.2) is 18.2 Å². The molecule has 0 saturated heterocycles. The first-order chi connectivity index (χ1) is 7.29. The molecule has 82 valence electrons. The van der Waals surface area contributed by atoms with Crippen LogP contribution < -0.4 is 4.74 Å². The first-order valence-corrected chi connectivity index (χ1v) is 5.05. The molecule has 15 heavy (non-hydrogen) atoms. The number of hydrogen-bond donors (Lipinski definition) is 0. The van der Waals surface area contributed by atoms with Gasteiger partial charge in [-0.15, -0.1) is 0 Å². The Morgan fingerprint density at radius 2 is 2.13 bits per heavy atom. The fourth-order valence-electron chi connectivity index (χ4n) is 1.31. The van der Waals surface area contributed by atoms with Gasteiger partial charge in [-0.1, -0.05) is 12.1 Å². The van der Waals surface area contributed by atoms with E-state index in [1.165, 1.54) is 0 Å². The molecule has 3 heteroatoms. The predicted octanol–water partition coefficient (Wildman–Crippen LogP) is 2.22. The van der Waals surface area contributed by atoms with Crippen LogP contribution in [0.1, 0.15) is 22.8 Å². The molecule has 0 amide bonds. The molecule has 0 heterocycles. The van der Waals surface area contributed by atoms with Crippen molar-refractivity contribution >= 4 is 6.29 Å². The summed E-state index contributed by atoms with van der Waals surface area (Å²) in [5.41, 5.74) is 1.56. The lowest BCUT2D eigenvalue weighted by atomic mass is 10.1. The predicted molar refractivity (Wildman–Crippen MR) is 58.6 cm³/mol. The van der Waals surface area contributed by atoms with E-state index in [0.29, 0.717) is 31.1 Å². The van der Waals surface area contributed by atoms with Gasteiger partial charge >= 0.3 is 0 Å². The third-order valence-electron chi connectivity index (χ3n) is 2.05. The average molecular weight is 208 g/mol. The van der Waals surface area contributed by atoms with Crippen LogP contribution in [-0.2, 0) is 4.74 Å². The van der Waals surface area contributed by atoms with Gasteiger partial charge in [-0.2, -0.15) is 0 Å². The number of carbonyl (C=O) groups excluding carboxylic acids is 1. The fourth-order valence-corrected chi connectivity index (χ4v) is 1.31. The summed E-state index contributed by atoms with van der Waals surface area (Å²) in [5, 5.41) is 0. The van der Waals surface area contributed by atoms with E-state index in [9.17, 15) is 4.79 Å². The SMILES string of the molecule is CCOCCOc1c(C)cccc1C=O.